The first kappa shape index (κ1) is 8.75. The molecule has 1 aromatic carbocycles. The normalized spacial score (nSPS) is 19.9. The molecular weight excluding hydrogens is 204 g/mol. The predicted molar refractivity (Wildman–Crippen MR) is 50.0 cm³/mol. The van der Waals surface area contributed by atoms with E-state index in [1.165, 1.54) is 0 Å². The minimum atomic E-state index is 0.551. The number of hydrogen-bond acceptors (Lipinski definition) is 1. The highest BCUT2D eigenvalue weighted by molar-refractivity contribution is 9.09. The van der Waals surface area contributed by atoms with Gasteiger partial charge in [0.1, 0.15) is 0 Å². The molecule has 1 saturated heterocycles. The molecule has 0 aromatic heterocycles. The second-order valence-corrected chi connectivity index (χ2v) is 2.91. The standard InChI is InChI=1S/C6H6.C3H5BrO/c1-2-4-6-5-3-1;4-1-3-2-5-3/h1-6H;3H,1-2H2. The van der Waals surface area contributed by atoms with Gasteiger partial charge in [-0.05, 0) is 0 Å². The van der Waals surface area contributed by atoms with Gasteiger partial charge in [-0.15, -0.1) is 0 Å². The lowest BCUT2D eigenvalue weighted by atomic mass is 10.4. The van der Waals surface area contributed by atoms with Crippen molar-refractivity contribution in [3.8, 4) is 0 Å². The molecule has 0 spiro atoms. The molecule has 0 N–H and O–H groups in total. The fourth-order valence-corrected chi connectivity index (χ4v) is 0.916. The van der Waals surface area contributed by atoms with Crippen molar-refractivity contribution in [1.29, 1.82) is 0 Å². The smallest absolute Gasteiger partial charge is 0.0906 e. The number of alkyl halides is 1. The number of rotatable bonds is 1. The molecule has 1 aliphatic rings. The van der Waals surface area contributed by atoms with Crippen LogP contribution in [0.3, 0.4) is 0 Å². The number of hydrogen-bond donors (Lipinski definition) is 0. The van der Waals surface area contributed by atoms with Gasteiger partial charge in [-0.3, -0.25) is 0 Å². The Labute approximate surface area is 75.5 Å². The molecule has 1 heterocycles. The molecule has 60 valence electrons. The van der Waals surface area contributed by atoms with Crippen LogP contribution in [0.25, 0.3) is 0 Å². The van der Waals surface area contributed by atoms with Crippen LogP contribution in [0.2, 0.25) is 0 Å². The summed E-state index contributed by atoms with van der Waals surface area (Å²) in [5, 5.41) is 1.01. The Balaban J connectivity index is 0.000000112. The van der Waals surface area contributed by atoms with Crippen LogP contribution in [0.5, 0.6) is 0 Å². The first-order valence-corrected chi connectivity index (χ1v) is 4.73. The van der Waals surface area contributed by atoms with E-state index in [1.807, 2.05) is 36.4 Å². The topological polar surface area (TPSA) is 12.5 Å². The fraction of sp³-hybridized carbons (Fsp3) is 0.333. The lowest BCUT2D eigenvalue weighted by molar-refractivity contribution is 0.427. The monoisotopic (exact) mass is 214 g/mol. The third kappa shape index (κ3) is 4.99. The van der Waals surface area contributed by atoms with Crippen LogP contribution in [0.15, 0.2) is 36.4 Å². The molecule has 0 aliphatic carbocycles. The summed E-state index contributed by atoms with van der Waals surface area (Å²) in [4.78, 5) is 0. The zero-order chi connectivity index (χ0) is 7.94. The van der Waals surface area contributed by atoms with Crippen molar-refractivity contribution >= 4 is 15.9 Å². The van der Waals surface area contributed by atoms with Crippen LogP contribution < -0.4 is 0 Å². The Kier molecular flexibility index (Phi) is 4.24. The quantitative estimate of drug-likeness (QED) is 0.517. The summed E-state index contributed by atoms with van der Waals surface area (Å²) in [7, 11) is 0. The SMILES string of the molecule is BrCC1CO1.c1ccccc1. The third-order valence-corrected chi connectivity index (χ3v) is 1.96. The highest BCUT2D eigenvalue weighted by Gasteiger charge is 2.19. The molecule has 1 fully saturated rings. The van der Waals surface area contributed by atoms with Gasteiger partial charge >= 0.3 is 0 Å². The Hall–Kier alpha value is -0.340. The van der Waals surface area contributed by atoms with Gasteiger partial charge in [0.2, 0.25) is 0 Å². The maximum atomic E-state index is 4.81. The summed E-state index contributed by atoms with van der Waals surface area (Å²) in [6.07, 6.45) is 0.551. The summed E-state index contributed by atoms with van der Waals surface area (Å²) in [6, 6.07) is 12.0. The van der Waals surface area contributed by atoms with Gasteiger partial charge in [-0.25, -0.2) is 0 Å². The van der Waals surface area contributed by atoms with Crippen LogP contribution in [0.1, 0.15) is 0 Å². The van der Waals surface area contributed by atoms with E-state index in [2.05, 4.69) is 15.9 Å². The van der Waals surface area contributed by atoms with Crippen molar-refractivity contribution in [2.24, 2.45) is 0 Å². The summed E-state index contributed by atoms with van der Waals surface area (Å²) in [6.45, 7) is 0.964. The van der Waals surface area contributed by atoms with E-state index in [0.717, 1.165) is 11.9 Å². The van der Waals surface area contributed by atoms with E-state index in [9.17, 15) is 0 Å². The third-order valence-electron chi connectivity index (χ3n) is 1.24. The molecule has 1 aliphatic heterocycles. The van der Waals surface area contributed by atoms with E-state index in [1.54, 1.807) is 0 Å². The first-order chi connectivity index (χ1) is 5.43. The van der Waals surface area contributed by atoms with Crippen LogP contribution in [0.4, 0.5) is 0 Å². The molecule has 11 heavy (non-hydrogen) atoms. The molecule has 0 bridgehead atoms. The van der Waals surface area contributed by atoms with Crippen molar-refractivity contribution in [2.45, 2.75) is 6.10 Å². The van der Waals surface area contributed by atoms with Crippen molar-refractivity contribution in [3.05, 3.63) is 36.4 Å². The average Bonchev–Trinajstić information content (AvgIpc) is 2.91. The van der Waals surface area contributed by atoms with Gasteiger partial charge in [0, 0.05) is 5.33 Å². The van der Waals surface area contributed by atoms with Crippen molar-refractivity contribution in [1.82, 2.24) is 0 Å². The van der Waals surface area contributed by atoms with Crippen LogP contribution in [-0.2, 0) is 4.74 Å². The van der Waals surface area contributed by atoms with Crippen LogP contribution >= 0.6 is 15.9 Å². The summed E-state index contributed by atoms with van der Waals surface area (Å²) in [5.74, 6) is 0. The Morgan fingerprint density at radius 1 is 1.09 bits per heavy atom. The molecule has 1 unspecified atom stereocenters. The highest BCUT2D eigenvalue weighted by atomic mass is 79.9. The van der Waals surface area contributed by atoms with Gasteiger partial charge in [0.05, 0.1) is 12.7 Å². The summed E-state index contributed by atoms with van der Waals surface area (Å²) in [5.41, 5.74) is 0. The van der Waals surface area contributed by atoms with E-state index >= 15 is 0 Å². The minimum Gasteiger partial charge on any atom is -0.372 e. The molecule has 0 radical (unpaired) electrons. The lowest BCUT2D eigenvalue weighted by Crippen LogP contribution is -1.79. The van der Waals surface area contributed by atoms with Crippen LogP contribution in [-0.4, -0.2) is 18.0 Å². The van der Waals surface area contributed by atoms with Gasteiger partial charge in [0.25, 0.3) is 0 Å². The van der Waals surface area contributed by atoms with E-state index < -0.39 is 0 Å². The molecule has 1 nitrogen and oxygen atoms in total. The maximum Gasteiger partial charge on any atom is 0.0906 e. The van der Waals surface area contributed by atoms with Crippen molar-refractivity contribution < 1.29 is 4.74 Å². The number of ether oxygens (including phenoxy) is 1. The van der Waals surface area contributed by atoms with Crippen molar-refractivity contribution in [3.63, 3.8) is 0 Å². The molecule has 0 amide bonds. The zero-order valence-corrected chi connectivity index (χ0v) is 7.83. The molecule has 1 aromatic rings. The molecule has 2 rings (SSSR count). The minimum absolute atomic E-state index is 0.551. The highest BCUT2D eigenvalue weighted by Crippen LogP contribution is 2.09. The summed E-state index contributed by atoms with van der Waals surface area (Å²) >= 11 is 3.25. The maximum absolute atomic E-state index is 4.81. The predicted octanol–water partition coefficient (Wildman–Crippen LogP) is 2.47. The second-order valence-electron chi connectivity index (χ2n) is 2.26. The Morgan fingerprint density at radius 3 is 1.55 bits per heavy atom. The number of halogens is 1. The van der Waals surface area contributed by atoms with Gasteiger partial charge in [-0.1, -0.05) is 52.3 Å². The fourth-order valence-electron chi connectivity index (χ4n) is 0.542. The van der Waals surface area contributed by atoms with Gasteiger partial charge < -0.3 is 4.74 Å². The van der Waals surface area contributed by atoms with Crippen molar-refractivity contribution in [2.75, 3.05) is 11.9 Å². The zero-order valence-electron chi connectivity index (χ0n) is 6.24. The van der Waals surface area contributed by atoms with E-state index in [4.69, 9.17) is 4.74 Å². The molecular formula is C9H11BrO. The van der Waals surface area contributed by atoms with E-state index in [0.29, 0.717) is 6.10 Å². The van der Waals surface area contributed by atoms with E-state index in [-0.39, 0.29) is 0 Å². The molecule has 0 saturated carbocycles. The molecule has 2 heteroatoms. The Morgan fingerprint density at radius 2 is 1.45 bits per heavy atom. The lowest BCUT2D eigenvalue weighted by Gasteiger charge is -1.69. The summed E-state index contributed by atoms with van der Waals surface area (Å²) < 4.78 is 4.81. The molecule has 1 atom stereocenters. The number of epoxide rings is 1. The van der Waals surface area contributed by atoms with Gasteiger partial charge in [0.15, 0.2) is 0 Å². The second kappa shape index (κ2) is 5.33. The number of benzene rings is 1. The first-order valence-electron chi connectivity index (χ1n) is 3.61. The van der Waals surface area contributed by atoms with Crippen LogP contribution in [0, 0.1) is 0 Å². The Bertz CT molecular complexity index is 145. The van der Waals surface area contributed by atoms with Gasteiger partial charge in [-0.2, -0.15) is 0 Å². The largest absolute Gasteiger partial charge is 0.372 e. The average molecular weight is 215 g/mol.